The van der Waals surface area contributed by atoms with E-state index in [0.717, 1.165) is 25.7 Å². The van der Waals surface area contributed by atoms with Gasteiger partial charge in [-0.25, -0.2) is 0 Å². The van der Waals surface area contributed by atoms with Gasteiger partial charge in [0.15, 0.2) is 0 Å². The van der Waals surface area contributed by atoms with Crippen LogP contribution in [0.1, 0.15) is 32.6 Å². The molecule has 0 saturated heterocycles. The van der Waals surface area contributed by atoms with E-state index in [1.807, 2.05) is 6.08 Å². The molecular weight excluding hydrogens is 124 g/mol. The lowest BCUT2D eigenvalue weighted by Gasteiger charge is -2.20. The maximum Gasteiger partial charge on any atom is 0.0545 e. The molecule has 2 unspecified atom stereocenters. The first-order valence-corrected chi connectivity index (χ1v) is 3.95. The number of hydrogen-bond acceptors (Lipinski definition) is 1. The highest BCUT2D eigenvalue weighted by atomic mass is 16.3. The van der Waals surface area contributed by atoms with Crippen molar-refractivity contribution in [2.24, 2.45) is 5.41 Å². The Morgan fingerprint density at radius 1 is 1.80 bits per heavy atom. The Hall–Kier alpha value is -0.300. The van der Waals surface area contributed by atoms with Crippen molar-refractivity contribution in [2.75, 3.05) is 0 Å². The summed E-state index contributed by atoms with van der Waals surface area (Å²) in [6.45, 7) is 5.94. The lowest BCUT2D eigenvalue weighted by molar-refractivity contribution is 0.164. The Balaban J connectivity index is 2.45. The molecule has 0 bridgehead atoms. The van der Waals surface area contributed by atoms with Crippen LogP contribution in [0.3, 0.4) is 0 Å². The van der Waals surface area contributed by atoms with E-state index in [1.54, 1.807) is 0 Å². The molecule has 0 aromatic carbocycles. The van der Waals surface area contributed by atoms with Gasteiger partial charge in [0.05, 0.1) is 6.10 Å². The largest absolute Gasteiger partial charge is 0.393 e. The molecule has 0 aliphatic heterocycles. The van der Waals surface area contributed by atoms with Gasteiger partial charge < -0.3 is 5.11 Å². The van der Waals surface area contributed by atoms with Gasteiger partial charge in [-0.3, -0.25) is 0 Å². The second-order valence-corrected chi connectivity index (χ2v) is 3.70. The molecule has 58 valence electrons. The fourth-order valence-corrected chi connectivity index (χ4v) is 1.82. The molecular formula is C9H16O. The highest BCUT2D eigenvalue weighted by Gasteiger charge is 2.32. The topological polar surface area (TPSA) is 20.2 Å². The van der Waals surface area contributed by atoms with Crippen LogP contribution in [0, 0.1) is 5.41 Å². The monoisotopic (exact) mass is 140 g/mol. The van der Waals surface area contributed by atoms with Crippen LogP contribution < -0.4 is 0 Å². The fourth-order valence-electron chi connectivity index (χ4n) is 1.82. The number of rotatable bonds is 2. The Labute approximate surface area is 62.8 Å². The van der Waals surface area contributed by atoms with Gasteiger partial charge >= 0.3 is 0 Å². The minimum atomic E-state index is -0.0510. The van der Waals surface area contributed by atoms with Gasteiger partial charge in [-0.2, -0.15) is 0 Å². The van der Waals surface area contributed by atoms with E-state index in [4.69, 9.17) is 0 Å². The number of allylic oxidation sites excluding steroid dienone is 1. The SMILES string of the molecule is C=CCC1(C)CCC(O)C1. The summed E-state index contributed by atoms with van der Waals surface area (Å²) in [7, 11) is 0. The molecule has 0 radical (unpaired) electrons. The lowest BCUT2D eigenvalue weighted by atomic mass is 9.85. The minimum absolute atomic E-state index is 0.0510. The van der Waals surface area contributed by atoms with Gasteiger partial charge in [-0.1, -0.05) is 13.0 Å². The second kappa shape index (κ2) is 2.75. The van der Waals surface area contributed by atoms with Crippen molar-refractivity contribution in [3.8, 4) is 0 Å². The molecule has 1 aliphatic rings. The number of aliphatic hydroxyl groups is 1. The van der Waals surface area contributed by atoms with Crippen molar-refractivity contribution in [1.82, 2.24) is 0 Å². The van der Waals surface area contributed by atoms with Gasteiger partial charge in [0, 0.05) is 0 Å². The number of hydrogen-bond donors (Lipinski definition) is 1. The molecule has 10 heavy (non-hydrogen) atoms. The highest BCUT2D eigenvalue weighted by Crippen LogP contribution is 2.40. The molecule has 0 aromatic heterocycles. The van der Waals surface area contributed by atoms with Gasteiger partial charge in [0.25, 0.3) is 0 Å². The van der Waals surface area contributed by atoms with Crippen LogP contribution in [0.25, 0.3) is 0 Å². The fraction of sp³-hybridized carbons (Fsp3) is 0.778. The molecule has 1 rings (SSSR count). The van der Waals surface area contributed by atoms with E-state index >= 15 is 0 Å². The summed E-state index contributed by atoms with van der Waals surface area (Å²) in [5.74, 6) is 0. The van der Waals surface area contributed by atoms with E-state index in [0.29, 0.717) is 5.41 Å². The van der Waals surface area contributed by atoms with E-state index < -0.39 is 0 Å². The van der Waals surface area contributed by atoms with Crippen molar-refractivity contribution in [3.63, 3.8) is 0 Å². The second-order valence-electron chi connectivity index (χ2n) is 3.70. The third kappa shape index (κ3) is 1.60. The Bertz CT molecular complexity index is 131. The van der Waals surface area contributed by atoms with Gasteiger partial charge in [-0.15, -0.1) is 6.58 Å². The van der Waals surface area contributed by atoms with Gasteiger partial charge in [-0.05, 0) is 31.1 Å². The van der Waals surface area contributed by atoms with Gasteiger partial charge in [0.2, 0.25) is 0 Å². The van der Waals surface area contributed by atoms with Crippen molar-refractivity contribution < 1.29 is 5.11 Å². The molecule has 1 fully saturated rings. The van der Waals surface area contributed by atoms with E-state index in [-0.39, 0.29) is 6.10 Å². The average Bonchev–Trinajstić information content (AvgIpc) is 2.12. The van der Waals surface area contributed by atoms with Crippen molar-refractivity contribution in [2.45, 2.75) is 38.7 Å². The first-order valence-electron chi connectivity index (χ1n) is 3.95. The normalized spacial score (nSPS) is 40.0. The van der Waals surface area contributed by atoms with E-state index in [9.17, 15) is 5.11 Å². The molecule has 1 aliphatic carbocycles. The van der Waals surface area contributed by atoms with Crippen molar-refractivity contribution in [3.05, 3.63) is 12.7 Å². The Morgan fingerprint density at radius 3 is 2.90 bits per heavy atom. The standard InChI is InChI=1S/C9H16O/c1-3-5-9(2)6-4-8(10)7-9/h3,8,10H,1,4-7H2,2H3. The summed E-state index contributed by atoms with van der Waals surface area (Å²) >= 11 is 0. The highest BCUT2D eigenvalue weighted by molar-refractivity contribution is 4.90. The predicted octanol–water partition coefficient (Wildman–Crippen LogP) is 2.11. The first kappa shape index (κ1) is 7.80. The summed E-state index contributed by atoms with van der Waals surface area (Å²) in [5, 5.41) is 9.26. The summed E-state index contributed by atoms with van der Waals surface area (Å²) in [4.78, 5) is 0. The zero-order valence-electron chi connectivity index (χ0n) is 6.64. The average molecular weight is 140 g/mol. The quantitative estimate of drug-likeness (QED) is 0.582. The molecule has 1 nitrogen and oxygen atoms in total. The summed E-state index contributed by atoms with van der Waals surface area (Å²) < 4.78 is 0. The zero-order valence-corrected chi connectivity index (χ0v) is 6.64. The predicted molar refractivity (Wildman–Crippen MR) is 42.8 cm³/mol. The number of aliphatic hydroxyl groups excluding tert-OH is 1. The van der Waals surface area contributed by atoms with Crippen LogP contribution in [0.5, 0.6) is 0 Å². The van der Waals surface area contributed by atoms with Crippen molar-refractivity contribution in [1.29, 1.82) is 0 Å². The zero-order chi connectivity index (χ0) is 7.61. The lowest BCUT2D eigenvalue weighted by Crippen LogP contribution is -2.11. The van der Waals surface area contributed by atoms with Crippen molar-refractivity contribution >= 4 is 0 Å². The minimum Gasteiger partial charge on any atom is -0.393 e. The summed E-state index contributed by atoms with van der Waals surface area (Å²) in [6.07, 6.45) is 6.04. The molecule has 0 aromatic rings. The van der Waals surface area contributed by atoms with Crippen LogP contribution in [0.15, 0.2) is 12.7 Å². The van der Waals surface area contributed by atoms with E-state index in [2.05, 4.69) is 13.5 Å². The first-order chi connectivity index (χ1) is 4.66. The van der Waals surface area contributed by atoms with E-state index in [1.165, 1.54) is 0 Å². The maximum absolute atomic E-state index is 9.26. The molecule has 1 N–H and O–H groups in total. The molecule has 2 atom stereocenters. The van der Waals surface area contributed by atoms with Crippen LogP contribution in [0.4, 0.5) is 0 Å². The van der Waals surface area contributed by atoms with Crippen LogP contribution >= 0.6 is 0 Å². The van der Waals surface area contributed by atoms with Crippen LogP contribution in [-0.2, 0) is 0 Å². The molecule has 1 heteroatoms. The van der Waals surface area contributed by atoms with Crippen LogP contribution in [0.2, 0.25) is 0 Å². The summed E-state index contributed by atoms with van der Waals surface area (Å²) in [5.41, 5.74) is 0.348. The van der Waals surface area contributed by atoms with Gasteiger partial charge in [0.1, 0.15) is 0 Å². The maximum atomic E-state index is 9.26. The third-order valence-corrected chi connectivity index (χ3v) is 2.45. The smallest absolute Gasteiger partial charge is 0.0545 e. The Morgan fingerprint density at radius 2 is 2.50 bits per heavy atom. The van der Waals surface area contributed by atoms with Crippen LogP contribution in [-0.4, -0.2) is 11.2 Å². The molecule has 0 heterocycles. The molecule has 0 spiro atoms. The third-order valence-electron chi connectivity index (χ3n) is 2.45. The Kier molecular flexibility index (Phi) is 2.14. The molecule has 1 saturated carbocycles. The summed E-state index contributed by atoms with van der Waals surface area (Å²) in [6, 6.07) is 0. The molecule has 0 amide bonds.